The summed E-state index contributed by atoms with van der Waals surface area (Å²) in [4.78, 5) is 44.6. The maximum Gasteiger partial charge on any atom is 0.303 e. The first kappa shape index (κ1) is 29.3. The summed E-state index contributed by atoms with van der Waals surface area (Å²) in [5.41, 5.74) is 0.794. The summed E-state index contributed by atoms with van der Waals surface area (Å²) >= 11 is 0. The van der Waals surface area contributed by atoms with Crippen molar-refractivity contribution in [3.05, 3.63) is 64.5 Å². The third-order valence-corrected chi connectivity index (χ3v) is 8.84. The van der Waals surface area contributed by atoms with Gasteiger partial charge in [-0.25, -0.2) is 17.2 Å². The lowest BCUT2D eigenvalue weighted by molar-refractivity contribution is -0.137. The first-order chi connectivity index (χ1) is 19.0. The van der Waals surface area contributed by atoms with Gasteiger partial charge in [-0.1, -0.05) is 19.1 Å². The number of anilines is 1. The van der Waals surface area contributed by atoms with Gasteiger partial charge in [0.05, 0.1) is 34.6 Å². The van der Waals surface area contributed by atoms with E-state index in [1.54, 1.807) is 30.2 Å². The Kier molecular flexibility index (Phi) is 8.97. The van der Waals surface area contributed by atoms with E-state index in [0.29, 0.717) is 56.0 Å². The highest BCUT2D eigenvalue weighted by atomic mass is 32.2. The van der Waals surface area contributed by atoms with Crippen LogP contribution >= 0.6 is 0 Å². The molecule has 0 unspecified atom stereocenters. The summed E-state index contributed by atoms with van der Waals surface area (Å²) in [6.07, 6.45) is 4.28. The minimum absolute atomic E-state index is 0.0584. The van der Waals surface area contributed by atoms with E-state index in [2.05, 4.69) is 4.98 Å². The number of piperazine rings is 1. The molecule has 40 heavy (non-hydrogen) atoms. The molecule has 0 spiro atoms. The summed E-state index contributed by atoms with van der Waals surface area (Å²) in [5, 5.41) is 8.76. The van der Waals surface area contributed by atoms with Crippen molar-refractivity contribution in [1.82, 2.24) is 9.88 Å². The molecule has 1 amide bonds. The number of aromatic nitrogens is 1. The number of amides is 1. The standard InChI is InChI=1S/C28H31F2N3O6S/c1-2-14-40(38,39)17-18-6-8-22(29)26(27(18)30)28(37)20-7-9-23-21(20)15-19(16-31-23)32-10-12-33(13-11-32)24(34)4-3-5-25(35)36/h6-8,15-16H,2-5,9-14,17H2,1H3,(H,35,36). The van der Waals surface area contributed by atoms with Gasteiger partial charge in [0, 0.05) is 62.1 Å². The van der Waals surface area contributed by atoms with E-state index < -0.39 is 44.5 Å². The van der Waals surface area contributed by atoms with Crippen molar-refractivity contribution >= 4 is 38.8 Å². The van der Waals surface area contributed by atoms with E-state index in [4.69, 9.17) is 5.11 Å². The van der Waals surface area contributed by atoms with Gasteiger partial charge in [0.1, 0.15) is 11.6 Å². The van der Waals surface area contributed by atoms with Crippen molar-refractivity contribution in [2.24, 2.45) is 0 Å². The number of ketones is 1. The van der Waals surface area contributed by atoms with Gasteiger partial charge in [-0.3, -0.25) is 19.4 Å². The Morgan fingerprint density at radius 2 is 1.80 bits per heavy atom. The molecule has 1 N–H and O–H groups in total. The van der Waals surface area contributed by atoms with Crippen molar-refractivity contribution in [3.8, 4) is 0 Å². The fourth-order valence-electron chi connectivity index (χ4n) is 5.01. The summed E-state index contributed by atoms with van der Waals surface area (Å²) in [6.45, 7) is 3.55. The van der Waals surface area contributed by atoms with Crippen LogP contribution in [0.15, 0.2) is 30.5 Å². The molecule has 0 atom stereocenters. The lowest BCUT2D eigenvalue weighted by Crippen LogP contribution is -2.48. The molecule has 1 fully saturated rings. The monoisotopic (exact) mass is 575 g/mol. The number of carboxylic acid groups (broad SMARTS) is 1. The Bertz CT molecular complexity index is 1470. The van der Waals surface area contributed by atoms with Crippen LogP contribution in [-0.2, 0) is 31.6 Å². The molecule has 2 aromatic rings. The maximum absolute atomic E-state index is 15.3. The molecule has 1 aromatic heterocycles. The van der Waals surface area contributed by atoms with E-state index >= 15 is 4.39 Å². The zero-order chi connectivity index (χ0) is 29.0. The van der Waals surface area contributed by atoms with Crippen LogP contribution in [-0.4, -0.2) is 73.0 Å². The van der Waals surface area contributed by atoms with Crippen LogP contribution in [0.3, 0.4) is 0 Å². The number of allylic oxidation sites excluding steroid dienone is 2. The zero-order valence-electron chi connectivity index (χ0n) is 22.2. The summed E-state index contributed by atoms with van der Waals surface area (Å²) in [6, 6.07) is 3.72. The predicted octanol–water partition coefficient (Wildman–Crippen LogP) is 3.41. The van der Waals surface area contributed by atoms with Gasteiger partial charge in [0.2, 0.25) is 5.91 Å². The smallest absolute Gasteiger partial charge is 0.303 e. The van der Waals surface area contributed by atoms with E-state index in [1.165, 1.54) is 0 Å². The second-order valence-electron chi connectivity index (χ2n) is 9.94. The van der Waals surface area contributed by atoms with E-state index in [1.807, 2.05) is 4.90 Å². The predicted molar refractivity (Wildman–Crippen MR) is 145 cm³/mol. The number of hydrogen-bond donors (Lipinski definition) is 1. The number of benzene rings is 1. The highest BCUT2D eigenvalue weighted by molar-refractivity contribution is 7.90. The Balaban J connectivity index is 1.50. The normalized spacial score (nSPS) is 15.1. The van der Waals surface area contributed by atoms with Crippen LogP contribution in [0.5, 0.6) is 0 Å². The Morgan fingerprint density at radius 3 is 2.48 bits per heavy atom. The number of aliphatic carboxylic acids is 1. The number of Topliss-reactive ketones (excluding diaryl/α,β-unsaturated/α-hetero) is 1. The number of carbonyl (C=O) groups is 3. The van der Waals surface area contributed by atoms with E-state index in [0.717, 1.165) is 12.1 Å². The number of rotatable bonds is 11. The number of fused-ring (bicyclic) bond motifs is 1. The summed E-state index contributed by atoms with van der Waals surface area (Å²) < 4.78 is 54.6. The van der Waals surface area contributed by atoms with E-state index in [-0.39, 0.29) is 42.1 Å². The molecule has 2 heterocycles. The Hall–Kier alpha value is -3.67. The highest BCUT2D eigenvalue weighted by Gasteiger charge is 2.30. The molecule has 1 aliphatic carbocycles. The topological polar surface area (TPSA) is 125 Å². The van der Waals surface area contributed by atoms with Gasteiger partial charge in [-0.2, -0.15) is 0 Å². The zero-order valence-corrected chi connectivity index (χ0v) is 23.0. The lowest BCUT2D eigenvalue weighted by atomic mass is 9.97. The van der Waals surface area contributed by atoms with Crippen LogP contribution in [0.2, 0.25) is 0 Å². The van der Waals surface area contributed by atoms with Crippen molar-refractivity contribution in [2.75, 3.05) is 36.8 Å². The van der Waals surface area contributed by atoms with Gasteiger partial charge in [-0.05, 0) is 25.0 Å². The quantitative estimate of drug-likeness (QED) is 0.404. The minimum atomic E-state index is -3.62. The van der Waals surface area contributed by atoms with Crippen LogP contribution in [0.4, 0.5) is 14.5 Å². The first-order valence-electron chi connectivity index (χ1n) is 13.2. The Labute approximate surface area is 231 Å². The molecule has 214 valence electrons. The molecule has 1 aliphatic heterocycles. The number of pyridine rings is 1. The van der Waals surface area contributed by atoms with Gasteiger partial charge in [0.15, 0.2) is 15.6 Å². The number of halogens is 2. The van der Waals surface area contributed by atoms with Crippen molar-refractivity contribution in [1.29, 1.82) is 0 Å². The fourth-order valence-corrected chi connectivity index (χ4v) is 6.47. The number of carbonyl (C=O) groups excluding carboxylic acids is 2. The number of nitrogens with zero attached hydrogens (tertiary/aromatic N) is 3. The number of sulfone groups is 1. The van der Waals surface area contributed by atoms with Gasteiger partial charge in [0.25, 0.3) is 0 Å². The number of hydrogen-bond acceptors (Lipinski definition) is 7. The molecule has 4 rings (SSSR count). The molecule has 12 heteroatoms. The van der Waals surface area contributed by atoms with Crippen molar-refractivity contribution in [3.63, 3.8) is 0 Å². The average Bonchev–Trinajstić information content (AvgIpc) is 3.33. The molecule has 0 bridgehead atoms. The SMILES string of the molecule is CCCS(=O)(=O)Cc1ccc(F)c(C(=O)C2=CCc3ncc(N4CCN(C(=O)CCCC(=O)O)CC4)cc32)c1F. The third kappa shape index (κ3) is 6.55. The highest BCUT2D eigenvalue weighted by Crippen LogP contribution is 2.34. The van der Waals surface area contributed by atoms with Crippen LogP contribution < -0.4 is 4.90 Å². The maximum atomic E-state index is 15.3. The summed E-state index contributed by atoms with van der Waals surface area (Å²) in [5.74, 6) is -4.92. The molecule has 2 aliphatic rings. The largest absolute Gasteiger partial charge is 0.481 e. The molecular weight excluding hydrogens is 544 g/mol. The van der Waals surface area contributed by atoms with Crippen LogP contribution in [0.25, 0.3) is 5.57 Å². The lowest BCUT2D eigenvalue weighted by Gasteiger charge is -2.36. The molecule has 0 saturated carbocycles. The average molecular weight is 576 g/mol. The van der Waals surface area contributed by atoms with Gasteiger partial charge >= 0.3 is 5.97 Å². The second kappa shape index (κ2) is 12.2. The minimum Gasteiger partial charge on any atom is -0.481 e. The first-order valence-corrected chi connectivity index (χ1v) is 15.0. The molecular formula is C28H31F2N3O6S. The van der Waals surface area contributed by atoms with Crippen molar-refractivity contribution in [2.45, 2.75) is 44.8 Å². The van der Waals surface area contributed by atoms with Gasteiger partial charge in [-0.15, -0.1) is 0 Å². The molecule has 9 nitrogen and oxygen atoms in total. The molecule has 0 radical (unpaired) electrons. The number of carboxylic acids is 1. The fraction of sp³-hybridized carbons (Fsp3) is 0.429. The van der Waals surface area contributed by atoms with E-state index in [9.17, 15) is 27.2 Å². The summed E-state index contributed by atoms with van der Waals surface area (Å²) in [7, 11) is -3.62. The molecule has 1 saturated heterocycles. The van der Waals surface area contributed by atoms with Crippen molar-refractivity contribution < 1.29 is 36.7 Å². The Morgan fingerprint density at radius 1 is 1.07 bits per heavy atom. The van der Waals surface area contributed by atoms with Gasteiger partial charge < -0.3 is 14.9 Å². The van der Waals surface area contributed by atoms with Crippen LogP contribution in [0.1, 0.15) is 59.8 Å². The second-order valence-corrected chi connectivity index (χ2v) is 12.1. The third-order valence-electron chi connectivity index (χ3n) is 7.06. The van der Waals surface area contributed by atoms with Crippen LogP contribution in [0, 0.1) is 11.6 Å². The molecule has 1 aromatic carbocycles.